The van der Waals surface area contributed by atoms with Crippen molar-refractivity contribution in [3.63, 3.8) is 0 Å². The van der Waals surface area contributed by atoms with Crippen molar-refractivity contribution >= 4 is 22.9 Å². The lowest BCUT2D eigenvalue weighted by molar-refractivity contribution is -0.126. The number of amides is 1. The minimum Gasteiger partial charge on any atom is -0.370 e. The number of carbonyl (C=O) groups is 1. The summed E-state index contributed by atoms with van der Waals surface area (Å²) in [7, 11) is 1.82. The highest BCUT2D eigenvalue weighted by atomic mass is 16.2. The molecule has 0 radical (unpaired) electrons. The molecule has 4 heterocycles. The van der Waals surface area contributed by atoms with Gasteiger partial charge in [0.1, 0.15) is 17.2 Å². The molecule has 10 nitrogen and oxygen atoms in total. The van der Waals surface area contributed by atoms with E-state index in [1.165, 1.54) is 4.57 Å². The van der Waals surface area contributed by atoms with Crippen molar-refractivity contribution in [3.8, 4) is 11.4 Å². The number of hydrogen-bond donors (Lipinski definition) is 2. The Labute approximate surface area is 183 Å². The first-order valence-corrected chi connectivity index (χ1v) is 11.2. The van der Waals surface area contributed by atoms with E-state index in [0.717, 1.165) is 43.6 Å². The Bertz CT molecular complexity index is 1330. The normalized spacial score (nSPS) is 21.0. The van der Waals surface area contributed by atoms with E-state index >= 15 is 0 Å². The average molecular weight is 435 g/mol. The van der Waals surface area contributed by atoms with Crippen LogP contribution >= 0.6 is 0 Å². The van der Waals surface area contributed by atoms with Gasteiger partial charge in [-0.15, -0.1) is 0 Å². The van der Waals surface area contributed by atoms with Gasteiger partial charge in [-0.25, -0.2) is 14.8 Å². The van der Waals surface area contributed by atoms with Crippen LogP contribution in [0.5, 0.6) is 0 Å². The Morgan fingerprint density at radius 3 is 2.47 bits per heavy atom. The van der Waals surface area contributed by atoms with Gasteiger partial charge >= 0.3 is 5.69 Å². The number of nitrogens with one attached hydrogen (secondary N) is 2. The topological polar surface area (TPSA) is 118 Å². The lowest BCUT2D eigenvalue weighted by Crippen LogP contribution is -2.39. The van der Waals surface area contributed by atoms with Gasteiger partial charge in [0.2, 0.25) is 5.91 Å². The van der Waals surface area contributed by atoms with Crippen LogP contribution in [-0.2, 0) is 4.79 Å². The molecule has 3 aromatic rings. The number of H-pyrrole nitrogens is 1. The fourth-order valence-corrected chi connectivity index (χ4v) is 4.54. The molecule has 3 aromatic heterocycles. The molecular weight excluding hydrogens is 410 g/mol. The summed E-state index contributed by atoms with van der Waals surface area (Å²) in [4.78, 5) is 51.7. The maximum Gasteiger partial charge on any atom is 0.333 e. The molecule has 1 amide bonds. The molecule has 10 heteroatoms. The van der Waals surface area contributed by atoms with Gasteiger partial charge < -0.3 is 15.2 Å². The maximum absolute atomic E-state index is 13.0. The zero-order chi connectivity index (χ0) is 22.0. The van der Waals surface area contributed by atoms with Crippen molar-refractivity contribution in [1.29, 1.82) is 0 Å². The van der Waals surface area contributed by atoms with E-state index in [4.69, 9.17) is 0 Å². The summed E-state index contributed by atoms with van der Waals surface area (Å²) in [5.41, 5.74) is 1.04. The van der Waals surface area contributed by atoms with Crippen LogP contribution in [-0.4, -0.2) is 55.0 Å². The molecule has 0 aromatic carbocycles. The van der Waals surface area contributed by atoms with Gasteiger partial charge in [-0.1, -0.05) is 0 Å². The zero-order valence-corrected chi connectivity index (χ0v) is 17.9. The van der Waals surface area contributed by atoms with Crippen molar-refractivity contribution in [2.45, 2.75) is 44.2 Å². The van der Waals surface area contributed by atoms with Crippen molar-refractivity contribution in [2.24, 2.45) is 5.92 Å². The molecule has 1 aliphatic heterocycles. The highest BCUT2D eigenvalue weighted by Crippen LogP contribution is 2.37. The molecule has 0 bridgehead atoms. The summed E-state index contributed by atoms with van der Waals surface area (Å²) in [5, 5.41) is 3.29. The van der Waals surface area contributed by atoms with Gasteiger partial charge in [-0.2, -0.15) is 0 Å². The highest BCUT2D eigenvalue weighted by molar-refractivity contribution is 5.78. The summed E-state index contributed by atoms with van der Waals surface area (Å²) in [5.74, 6) is 1.70. The number of aromatic amines is 1. The molecule has 2 saturated carbocycles. The van der Waals surface area contributed by atoms with Gasteiger partial charge in [0.05, 0.1) is 0 Å². The first kappa shape index (κ1) is 19.3. The largest absolute Gasteiger partial charge is 0.370 e. The molecule has 6 rings (SSSR count). The molecule has 2 aliphatic carbocycles. The molecule has 0 spiro atoms. The molecular formula is C22H25N7O3. The Hall–Kier alpha value is -3.43. The van der Waals surface area contributed by atoms with Crippen LogP contribution in [0.15, 0.2) is 27.9 Å². The zero-order valence-electron chi connectivity index (χ0n) is 17.9. The first-order chi connectivity index (χ1) is 15.5. The van der Waals surface area contributed by atoms with E-state index in [1.807, 2.05) is 19.2 Å². The third kappa shape index (κ3) is 3.21. The molecule has 1 unspecified atom stereocenters. The highest BCUT2D eigenvalue weighted by Gasteiger charge is 2.34. The Kier molecular flexibility index (Phi) is 4.24. The van der Waals surface area contributed by atoms with Crippen molar-refractivity contribution < 1.29 is 4.79 Å². The van der Waals surface area contributed by atoms with E-state index in [-0.39, 0.29) is 35.2 Å². The SMILES string of the molecule is CN1CC(CNc2ccc(-c3nc4c([nH]3)c(=O)n(C3CC3)c(=O)n4C3CC3)cn2)CC1=O. The van der Waals surface area contributed by atoms with E-state index in [1.54, 1.807) is 15.7 Å². The predicted molar refractivity (Wildman–Crippen MR) is 119 cm³/mol. The monoisotopic (exact) mass is 435 g/mol. The first-order valence-electron chi connectivity index (χ1n) is 11.2. The van der Waals surface area contributed by atoms with E-state index in [2.05, 4.69) is 20.3 Å². The number of pyridine rings is 1. The summed E-state index contributed by atoms with van der Waals surface area (Å²) in [6.07, 6.45) is 5.87. The number of hydrogen-bond acceptors (Lipinski definition) is 6. The van der Waals surface area contributed by atoms with Gasteiger partial charge in [0.25, 0.3) is 5.56 Å². The third-order valence-corrected chi connectivity index (χ3v) is 6.61. The van der Waals surface area contributed by atoms with Crippen molar-refractivity contribution in [1.82, 2.24) is 29.0 Å². The molecule has 3 aliphatic rings. The number of rotatable bonds is 6. The number of imidazole rings is 1. The van der Waals surface area contributed by atoms with Crippen LogP contribution in [0, 0.1) is 5.92 Å². The van der Waals surface area contributed by atoms with Crippen LogP contribution < -0.4 is 16.6 Å². The van der Waals surface area contributed by atoms with Gasteiger partial charge in [-0.3, -0.25) is 18.7 Å². The van der Waals surface area contributed by atoms with Crippen LogP contribution in [0.4, 0.5) is 5.82 Å². The quantitative estimate of drug-likeness (QED) is 0.606. The number of fused-ring (bicyclic) bond motifs is 1. The van der Waals surface area contributed by atoms with Crippen molar-refractivity contribution in [2.75, 3.05) is 25.5 Å². The van der Waals surface area contributed by atoms with Gasteiger partial charge in [0, 0.05) is 56.3 Å². The number of likely N-dealkylation sites (tertiary alicyclic amines) is 1. The number of carbonyl (C=O) groups excluding carboxylic acids is 1. The fourth-order valence-electron chi connectivity index (χ4n) is 4.54. The molecule has 2 N–H and O–H groups in total. The minimum absolute atomic E-state index is 0.0122. The minimum atomic E-state index is -0.287. The van der Waals surface area contributed by atoms with Crippen LogP contribution in [0.3, 0.4) is 0 Å². The molecule has 1 atom stereocenters. The second-order valence-electron chi connectivity index (χ2n) is 9.23. The lowest BCUT2D eigenvalue weighted by atomic mass is 10.1. The fraction of sp³-hybridized carbons (Fsp3) is 0.500. The van der Waals surface area contributed by atoms with Crippen LogP contribution in [0.25, 0.3) is 22.6 Å². The van der Waals surface area contributed by atoms with E-state index < -0.39 is 0 Å². The Morgan fingerprint density at radius 1 is 1.09 bits per heavy atom. The Morgan fingerprint density at radius 2 is 1.84 bits per heavy atom. The van der Waals surface area contributed by atoms with E-state index in [9.17, 15) is 14.4 Å². The van der Waals surface area contributed by atoms with Crippen LogP contribution in [0.1, 0.15) is 44.2 Å². The van der Waals surface area contributed by atoms with E-state index in [0.29, 0.717) is 30.0 Å². The predicted octanol–water partition coefficient (Wildman–Crippen LogP) is 1.51. The number of aromatic nitrogens is 5. The summed E-state index contributed by atoms with van der Waals surface area (Å²) < 4.78 is 3.09. The summed E-state index contributed by atoms with van der Waals surface area (Å²) >= 11 is 0. The summed E-state index contributed by atoms with van der Waals surface area (Å²) in [6, 6.07) is 3.88. The van der Waals surface area contributed by atoms with Crippen LogP contribution in [0.2, 0.25) is 0 Å². The molecule has 32 heavy (non-hydrogen) atoms. The summed E-state index contributed by atoms with van der Waals surface area (Å²) in [6.45, 7) is 1.44. The second kappa shape index (κ2) is 7.04. The number of nitrogens with zero attached hydrogens (tertiary/aromatic N) is 5. The molecule has 1 saturated heterocycles. The van der Waals surface area contributed by atoms with Gasteiger partial charge in [-0.05, 0) is 37.8 Å². The second-order valence-corrected chi connectivity index (χ2v) is 9.23. The average Bonchev–Trinajstić information content (AvgIpc) is 3.70. The molecule has 166 valence electrons. The Balaban J connectivity index is 1.29. The standard InChI is InChI=1S/C22H25N7O3/c1-27-11-12(8-17(27)30)9-23-16-7-2-13(10-24-16)19-25-18-20(26-19)28(14-3-4-14)22(32)29(21(18)31)15-5-6-15/h2,7,10,12,14-15H,3-6,8-9,11H2,1H3,(H,23,24)(H,25,26). The number of anilines is 1. The molecule has 3 fully saturated rings. The van der Waals surface area contributed by atoms with Crippen molar-refractivity contribution in [3.05, 3.63) is 39.2 Å². The maximum atomic E-state index is 13.0. The lowest BCUT2D eigenvalue weighted by Gasteiger charge is -2.11. The third-order valence-electron chi connectivity index (χ3n) is 6.61. The smallest absolute Gasteiger partial charge is 0.333 e. The van der Waals surface area contributed by atoms with Gasteiger partial charge in [0.15, 0.2) is 5.65 Å².